The highest BCUT2D eigenvalue weighted by Crippen LogP contribution is 2.50. The van der Waals surface area contributed by atoms with Gasteiger partial charge in [-0.25, -0.2) is 14.5 Å². The Labute approximate surface area is 266 Å². The van der Waals surface area contributed by atoms with E-state index in [2.05, 4.69) is 25.4 Å². The fourth-order valence-corrected chi connectivity index (χ4v) is 7.47. The number of carbonyl (C=O) groups is 1. The van der Waals surface area contributed by atoms with E-state index in [9.17, 15) is 4.79 Å². The summed E-state index contributed by atoms with van der Waals surface area (Å²) in [4.78, 5) is 25.8. The van der Waals surface area contributed by atoms with E-state index in [1.807, 2.05) is 64.1 Å². The van der Waals surface area contributed by atoms with Gasteiger partial charge in [-0.15, -0.1) is 0 Å². The number of aromatic nitrogens is 4. The van der Waals surface area contributed by atoms with Crippen molar-refractivity contribution in [2.24, 2.45) is 11.3 Å². The Kier molecular flexibility index (Phi) is 9.35. The maximum absolute atomic E-state index is 16.4. The maximum Gasteiger partial charge on any atom is 0.323 e. The average molecular weight is 660 g/mol. The number of carbonyl (C=O) groups excluding carboxylic acids is 1. The average Bonchev–Trinajstić information content (AvgIpc) is 3.53. The van der Waals surface area contributed by atoms with Gasteiger partial charge in [-0.2, -0.15) is 9.97 Å². The minimum Gasteiger partial charge on any atom is -0.464 e. The van der Waals surface area contributed by atoms with Gasteiger partial charge in [0.15, 0.2) is 17.0 Å². The molecule has 0 spiro atoms. The van der Waals surface area contributed by atoms with E-state index in [0.29, 0.717) is 22.7 Å². The number of fused-ring (bicyclic) bond motifs is 2. The fourth-order valence-electron chi connectivity index (χ4n) is 5.06. The second-order valence-electron chi connectivity index (χ2n) is 12.4. The Morgan fingerprint density at radius 3 is 2.73 bits per heavy atom. The summed E-state index contributed by atoms with van der Waals surface area (Å²) < 4.78 is 42.0. The molecule has 242 valence electrons. The van der Waals surface area contributed by atoms with Gasteiger partial charge in [0.05, 0.1) is 12.9 Å². The molecular weight excluding hydrogens is 620 g/mol. The first-order chi connectivity index (χ1) is 21.2. The van der Waals surface area contributed by atoms with E-state index in [0.717, 1.165) is 10.8 Å². The van der Waals surface area contributed by atoms with Crippen molar-refractivity contribution >= 4 is 58.1 Å². The number of hydrogen-bond donors (Lipinski definition) is 3. The molecule has 15 heteroatoms. The maximum atomic E-state index is 16.4. The number of anilines is 2. The standard InChI is InChI=1S/C30H39FN7O5PS/c1-18-14-30(31,42-26(18)38-17-34-23-24(33-6)35-28(32)36-25(23)38)16-41-44(45,37-19(2)27(39)40-15-29(3,4)5)43-22-13-9-11-20-10-7-8-12-21(20)22/h7-13,17-19,26H,14-16H2,1-6H3,(H,37,45)(H3,32,33,35,36)/t18-,19-,26+,30-,44-/m0/s1. The molecule has 0 radical (unpaired) electrons. The van der Waals surface area contributed by atoms with Crippen molar-refractivity contribution in [1.82, 2.24) is 24.6 Å². The molecule has 1 aliphatic rings. The van der Waals surface area contributed by atoms with Crippen LogP contribution in [0.3, 0.4) is 0 Å². The Morgan fingerprint density at radius 2 is 2.00 bits per heavy atom. The second kappa shape index (κ2) is 12.8. The van der Waals surface area contributed by atoms with Crippen LogP contribution in [0.15, 0.2) is 48.8 Å². The normalized spacial score (nSPS) is 22.3. The number of nitrogen functional groups attached to an aromatic ring is 1. The van der Waals surface area contributed by atoms with Crippen LogP contribution in [0, 0.1) is 11.3 Å². The fraction of sp³-hybridized carbons (Fsp3) is 0.467. The molecule has 0 amide bonds. The molecule has 1 aliphatic heterocycles. The number of halogens is 1. The number of rotatable bonds is 11. The predicted molar refractivity (Wildman–Crippen MR) is 175 cm³/mol. The Hall–Kier alpha value is -3.42. The molecule has 0 aliphatic carbocycles. The molecule has 1 fully saturated rings. The van der Waals surface area contributed by atoms with Crippen molar-refractivity contribution in [3.63, 3.8) is 0 Å². The molecule has 4 aromatic rings. The van der Waals surface area contributed by atoms with Gasteiger partial charge in [0.2, 0.25) is 11.8 Å². The van der Waals surface area contributed by atoms with Gasteiger partial charge in [0.1, 0.15) is 24.6 Å². The van der Waals surface area contributed by atoms with Gasteiger partial charge in [0, 0.05) is 24.8 Å². The molecule has 5 atom stereocenters. The number of nitrogens with zero attached hydrogens (tertiary/aromatic N) is 4. The van der Waals surface area contributed by atoms with Crippen LogP contribution in [0.25, 0.3) is 21.9 Å². The summed E-state index contributed by atoms with van der Waals surface area (Å²) in [6.07, 6.45) is 0.746. The van der Waals surface area contributed by atoms with Crippen LogP contribution in [0.1, 0.15) is 47.3 Å². The second-order valence-corrected chi connectivity index (χ2v) is 15.6. The predicted octanol–water partition coefficient (Wildman–Crippen LogP) is 5.71. The summed E-state index contributed by atoms with van der Waals surface area (Å²) in [6.45, 7) is 5.42. The van der Waals surface area contributed by atoms with Crippen molar-refractivity contribution in [1.29, 1.82) is 0 Å². The number of benzene rings is 2. The monoisotopic (exact) mass is 659 g/mol. The van der Waals surface area contributed by atoms with Crippen LogP contribution in [-0.4, -0.2) is 57.6 Å². The molecular formula is C30H39FN7O5PS. The lowest BCUT2D eigenvalue weighted by molar-refractivity contribution is -0.172. The lowest BCUT2D eigenvalue weighted by Crippen LogP contribution is -2.38. The van der Waals surface area contributed by atoms with Gasteiger partial charge in [-0.1, -0.05) is 64.1 Å². The molecule has 45 heavy (non-hydrogen) atoms. The van der Waals surface area contributed by atoms with Crippen molar-refractivity contribution < 1.29 is 27.7 Å². The number of esters is 1. The third kappa shape index (κ3) is 7.53. The zero-order valence-electron chi connectivity index (χ0n) is 26.1. The largest absolute Gasteiger partial charge is 0.464 e. The molecule has 1 saturated heterocycles. The Balaban J connectivity index is 1.38. The van der Waals surface area contributed by atoms with Gasteiger partial charge < -0.3 is 29.6 Å². The van der Waals surface area contributed by atoms with Crippen LogP contribution in [0.4, 0.5) is 16.2 Å². The first kappa shape index (κ1) is 33.0. The van der Waals surface area contributed by atoms with Crippen LogP contribution >= 0.6 is 6.64 Å². The highest BCUT2D eigenvalue weighted by molar-refractivity contribution is 8.09. The van der Waals surface area contributed by atoms with E-state index in [1.165, 1.54) is 6.33 Å². The Bertz CT molecular complexity index is 1750. The van der Waals surface area contributed by atoms with Crippen LogP contribution < -0.4 is 20.7 Å². The lowest BCUT2D eigenvalue weighted by atomic mass is 9.99. The SMILES string of the molecule is CNc1nc(N)nc2c1ncn2[C@@H]1O[C@](F)(CO[P@@](=S)(N[C@@H](C)C(=O)OCC(C)(C)C)Oc2cccc3ccccc23)C[C@@H]1C. The molecule has 0 saturated carbocycles. The smallest absolute Gasteiger partial charge is 0.323 e. The van der Waals surface area contributed by atoms with Gasteiger partial charge >= 0.3 is 12.6 Å². The van der Waals surface area contributed by atoms with Crippen LogP contribution in [0.5, 0.6) is 5.75 Å². The van der Waals surface area contributed by atoms with Crippen LogP contribution in [-0.2, 0) is 30.6 Å². The highest BCUT2D eigenvalue weighted by atomic mass is 32.5. The minimum atomic E-state index is -3.57. The van der Waals surface area contributed by atoms with E-state index in [4.69, 9.17) is 36.1 Å². The first-order valence-electron chi connectivity index (χ1n) is 14.6. The third-order valence-corrected chi connectivity index (χ3v) is 9.63. The molecule has 0 bridgehead atoms. The molecule has 0 unspecified atom stereocenters. The molecule has 2 aromatic heterocycles. The van der Waals surface area contributed by atoms with E-state index >= 15 is 4.39 Å². The summed E-state index contributed by atoms with van der Waals surface area (Å²) in [5, 5.41) is 7.66. The highest BCUT2D eigenvalue weighted by Gasteiger charge is 2.48. The van der Waals surface area contributed by atoms with Gasteiger partial charge in [0.25, 0.3) is 0 Å². The molecule has 4 N–H and O–H groups in total. The summed E-state index contributed by atoms with van der Waals surface area (Å²) in [5.74, 6) is -2.14. The zero-order valence-corrected chi connectivity index (χ0v) is 27.8. The summed E-state index contributed by atoms with van der Waals surface area (Å²) in [6, 6.07) is 12.2. The Morgan fingerprint density at radius 1 is 1.27 bits per heavy atom. The van der Waals surface area contributed by atoms with Crippen molar-refractivity contribution in [3.8, 4) is 5.75 Å². The summed E-state index contributed by atoms with van der Waals surface area (Å²) in [5.41, 5.74) is 6.56. The first-order valence-corrected chi connectivity index (χ1v) is 17.2. The topological polar surface area (TPSA) is 148 Å². The lowest BCUT2D eigenvalue weighted by Gasteiger charge is -2.30. The number of ether oxygens (including phenoxy) is 2. The van der Waals surface area contributed by atoms with Gasteiger partial charge in [-0.3, -0.25) is 9.36 Å². The van der Waals surface area contributed by atoms with E-state index < -0.39 is 37.3 Å². The van der Waals surface area contributed by atoms with E-state index in [1.54, 1.807) is 24.6 Å². The third-order valence-electron chi connectivity index (χ3n) is 7.17. The van der Waals surface area contributed by atoms with Crippen molar-refractivity contribution in [2.45, 2.75) is 59.2 Å². The summed E-state index contributed by atoms with van der Waals surface area (Å²) in [7, 11) is 1.70. The van der Waals surface area contributed by atoms with Crippen LogP contribution in [0.2, 0.25) is 0 Å². The number of hydrogen-bond acceptors (Lipinski definition) is 11. The number of alkyl halides is 1. The van der Waals surface area contributed by atoms with Crippen molar-refractivity contribution in [3.05, 3.63) is 48.8 Å². The molecule has 5 rings (SSSR count). The molecule has 12 nitrogen and oxygen atoms in total. The molecule has 3 heterocycles. The number of nitrogens with two attached hydrogens (primary N) is 1. The van der Waals surface area contributed by atoms with E-state index in [-0.39, 0.29) is 30.3 Å². The summed E-state index contributed by atoms with van der Waals surface area (Å²) >= 11 is 5.90. The number of imidazole rings is 1. The minimum absolute atomic E-state index is 0.0103. The zero-order chi connectivity index (χ0) is 32.6. The quantitative estimate of drug-likeness (QED) is 0.134. The number of nitrogens with one attached hydrogen (secondary N) is 2. The van der Waals surface area contributed by atoms with Gasteiger partial charge in [-0.05, 0) is 35.6 Å². The molecule has 2 aromatic carbocycles. The van der Waals surface area contributed by atoms with Crippen molar-refractivity contribution in [2.75, 3.05) is 31.3 Å².